The van der Waals surface area contributed by atoms with Crippen LogP contribution in [0.15, 0.2) is 140 Å². The molecule has 0 amide bonds. The molecule has 286 valence electrons. The SMILES string of the molecule is CN1CN2c3cc(Oc4ccc5c6ccccc6n(-c6ccccn6)c5c4)ccc3C3(c4cc(C(C)(C)C)ccc4Oc4ccc(C(C)(C)C)cc43)c3cccc1c32. The van der Waals surface area contributed by atoms with Gasteiger partial charge in [-0.05, 0) is 99.8 Å². The third-order valence-corrected chi connectivity index (χ3v) is 12.6. The van der Waals surface area contributed by atoms with E-state index >= 15 is 0 Å². The van der Waals surface area contributed by atoms with Crippen LogP contribution in [0.4, 0.5) is 17.1 Å². The number of hydrogen-bond donors (Lipinski definition) is 0. The number of rotatable bonds is 3. The molecule has 3 aliphatic heterocycles. The molecule has 0 aliphatic carbocycles. The third kappa shape index (κ3) is 4.87. The fraction of sp³-hybridized carbons (Fsp3) is 0.212. The Labute approximate surface area is 339 Å². The van der Waals surface area contributed by atoms with Crippen LogP contribution in [0.25, 0.3) is 27.6 Å². The Morgan fingerprint density at radius 3 is 1.97 bits per heavy atom. The maximum Gasteiger partial charge on any atom is 0.137 e. The molecule has 0 fully saturated rings. The maximum absolute atomic E-state index is 6.91. The molecule has 2 aromatic heterocycles. The highest BCUT2D eigenvalue weighted by molar-refractivity contribution is 6.09. The topological polar surface area (TPSA) is 42.8 Å². The number of para-hydroxylation sites is 2. The summed E-state index contributed by atoms with van der Waals surface area (Å²) in [6, 6.07) is 48.2. The van der Waals surface area contributed by atoms with Gasteiger partial charge < -0.3 is 19.3 Å². The van der Waals surface area contributed by atoms with Gasteiger partial charge in [-0.2, -0.15) is 0 Å². The van der Waals surface area contributed by atoms with Crippen molar-refractivity contribution in [1.29, 1.82) is 0 Å². The first kappa shape index (κ1) is 34.7. The van der Waals surface area contributed by atoms with E-state index in [4.69, 9.17) is 14.5 Å². The van der Waals surface area contributed by atoms with E-state index in [2.05, 4.69) is 184 Å². The van der Waals surface area contributed by atoms with E-state index in [1.807, 2.05) is 18.3 Å². The van der Waals surface area contributed by atoms with Crippen molar-refractivity contribution in [2.45, 2.75) is 57.8 Å². The first-order chi connectivity index (χ1) is 27.9. The minimum Gasteiger partial charge on any atom is -0.457 e. The van der Waals surface area contributed by atoms with E-state index in [1.54, 1.807) is 0 Å². The smallest absolute Gasteiger partial charge is 0.137 e. The molecule has 8 aromatic rings. The number of aromatic nitrogens is 2. The highest BCUT2D eigenvalue weighted by Gasteiger charge is 2.53. The zero-order valence-corrected chi connectivity index (χ0v) is 34.1. The molecule has 0 unspecified atom stereocenters. The van der Waals surface area contributed by atoms with Gasteiger partial charge in [0.15, 0.2) is 0 Å². The van der Waals surface area contributed by atoms with Gasteiger partial charge in [0.1, 0.15) is 28.8 Å². The normalized spacial score (nSPS) is 14.9. The van der Waals surface area contributed by atoms with E-state index in [-0.39, 0.29) is 10.8 Å². The number of fused-ring (bicyclic) bond motifs is 11. The molecule has 0 bridgehead atoms. The lowest BCUT2D eigenvalue weighted by Crippen LogP contribution is -2.41. The second-order valence-electron chi connectivity index (χ2n) is 18.2. The van der Waals surface area contributed by atoms with Crippen LogP contribution >= 0.6 is 0 Å². The van der Waals surface area contributed by atoms with Crippen LogP contribution in [-0.2, 0) is 16.2 Å². The molecular weight excluding hydrogens is 713 g/mol. The van der Waals surface area contributed by atoms with Crippen LogP contribution in [0, 0.1) is 0 Å². The lowest BCUT2D eigenvalue weighted by molar-refractivity contribution is 0.430. The van der Waals surface area contributed by atoms with Crippen LogP contribution < -0.4 is 19.3 Å². The molecule has 0 radical (unpaired) electrons. The van der Waals surface area contributed by atoms with E-state index in [1.165, 1.54) is 50.1 Å². The average Bonchev–Trinajstić information content (AvgIpc) is 3.73. The number of hydrogen-bond acceptors (Lipinski definition) is 5. The number of pyridine rings is 1. The highest BCUT2D eigenvalue weighted by atomic mass is 16.5. The summed E-state index contributed by atoms with van der Waals surface area (Å²) in [5.74, 6) is 4.21. The number of ether oxygens (including phenoxy) is 2. The number of benzene rings is 6. The Kier molecular flexibility index (Phi) is 7.18. The van der Waals surface area contributed by atoms with Crippen molar-refractivity contribution in [3.8, 4) is 28.8 Å². The van der Waals surface area contributed by atoms with Crippen LogP contribution in [0.3, 0.4) is 0 Å². The summed E-state index contributed by atoms with van der Waals surface area (Å²) in [7, 11) is 2.19. The Hall–Kier alpha value is -6.53. The predicted molar refractivity (Wildman–Crippen MR) is 236 cm³/mol. The standard InChI is InChI=1S/C52H46N4O2/c1-50(2,3)32-18-24-46-40(27-32)52(41-28-33(51(4,5)6)19-25-47(41)58-46)38-23-21-35(30-45(38)55-31-54(7)43-16-12-14-39(52)49(43)55)57-34-20-22-37-36-13-8-9-15-42(36)56(44(37)29-34)48-17-10-11-26-53-48/h8-30H,31H2,1-7H3. The monoisotopic (exact) mass is 758 g/mol. The fourth-order valence-corrected chi connectivity index (χ4v) is 9.73. The van der Waals surface area contributed by atoms with Crippen molar-refractivity contribution in [3.05, 3.63) is 173 Å². The molecule has 3 aliphatic rings. The van der Waals surface area contributed by atoms with Gasteiger partial charge in [0.25, 0.3) is 0 Å². The van der Waals surface area contributed by atoms with Crippen LogP contribution in [0.1, 0.15) is 74.9 Å². The molecular formula is C52H46N4O2. The largest absolute Gasteiger partial charge is 0.457 e. The minimum absolute atomic E-state index is 0.0623. The van der Waals surface area contributed by atoms with Crippen LogP contribution in [0.2, 0.25) is 0 Å². The van der Waals surface area contributed by atoms with Crippen molar-refractivity contribution in [3.63, 3.8) is 0 Å². The molecule has 6 nitrogen and oxygen atoms in total. The van der Waals surface area contributed by atoms with Gasteiger partial charge in [0, 0.05) is 47.3 Å². The molecule has 58 heavy (non-hydrogen) atoms. The highest BCUT2D eigenvalue weighted by Crippen LogP contribution is 2.65. The van der Waals surface area contributed by atoms with Gasteiger partial charge in [-0.15, -0.1) is 0 Å². The zero-order chi connectivity index (χ0) is 39.7. The van der Waals surface area contributed by atoms with Crippen molar-refractivity contribution >= 4 is 38.9 Å². The van der Waals surface area contributed by atoms with Crippen LogP contribution in [0.5, 0.6) is 23.0 Å². The second kappa shape index (κ2) is 12.0. The van der Waals surface area contributed by atoms with E-state index < -0.39 is 5.41 Å². The van der Waals surface area contributed by atoms with Crippen molar-refractivity contribution in [2.24, 2.45) is 0 Å². The second-order valence-corrected chi connectivity index (χ2v) is 18.2. The lowest BCUT2D eigenvalue weighted by atomic mass is 9.60. The Morgan fingerprint density at radius 2 is 1.26 bits per heavy atom. The van der Waals surface area contributed by atoms with Crippen molar-refractivity contribution in [2.75, 3.05) is 23.5 Å². The number of anilines is 3. The van der Waals surface area contributed by atoms with E-state index in [0.29, 0.717) is 0 Å². The molecule has 5 heterocycles. The summed E-state index contributed by atoms with van der Waals surface area (Å²) < 4.78 is 16.0. The van der Waals surface area contributed by atoms with Gasteiger partial charge >= 0.3 is 0 Å². The van der Waals surface area contributed by atoms with Crippen molar-refractivity contribution in [1.82, 2.24) is 9.55 Å². The van der Waals surface area contributed by atoms with Gasteiger partial charge in [-0.25, -0.2) is 4.98 Å². The average molecular weight is 759 g/mol. The maximum atomic E-state index is 6.91. The van der Waals surface area contributed by atoms with Gasteiger partial charge in [0.2, 0.25) is 0 Å². The van der Waals surface area contributed by atoms with Crippen molar-refractivity contribution < 1.29 is 9.47 Å². The zero-order valence-electron chi connectivity index (χ0n) is 34.1. The van der Waals surface area contributed by atoms with E-state index in [0.717, 1.165) is 57.6 Å². The summed E-state index contributed by atoms with van der Waals surface area (Å²) >= 11 is 0. The Bertz CT molecular complexity index is 2920. The number of nitrogens with zero attached hydrogens (tertiary/aromatic N) is 4. The van der Waals surface area contributed by atoms with Crippen LogP contribution in [-0.4, -0.2) is 23.3 Å². The fourth-order valence-electron chi connectivity index (χ4n) is 9.73. The predicted octanol–water partition coefficient (Wildman–Crippen LogP) is 12.9. The first-order valence-electron chi connectivity index (χ1n) is 20.3. The molecule has 0 saturated carbocycles. The molecule has 6 aromatic carbocycles. The molecule has 6 heteroatoms. The Balaban J connectivity index is 1.15. The summed E-state index contributed by atoms with van der Waals surface area (Å²) in [6.45, 7) is 14.5. The van der Waals surface area contributed by atoms with E-state index in [9.17, 15) is 0 Å². The first-order valence-corrected chi connectivity index (χ1v) is 20.3. The third-order valence-electron chi connectivity index (χ3n) is 12.6. The molecule has 0 atom stereocenters. The molecule has 11 rings (SSSR count). The summed E-state index contributed by atoms with van der Waals surface area (Å²) in [5.41, 5.74) is 12.3. The van der Waals surface area contributed by atoms with Gasteiger partial charge in [-0.3, -0.25) is 4.57 Å². The molecule has 0 N–H and O–H groups in total. The Morgan fingerprint density at radius 1 is 0.586 bits per heavy atom. The minimum atomic E-state index is -0.658. The quantitative estimate of drug-likeness (QED) is 0.179. The molecule has 1 spiro atoms. The molecule has 0 saturated heterocycles. The summed E-state index contributed by atoms with van der Waals surface area (Å²) in [6.07, 6.45) is 1.85. The summed E-state index contributed by atoms with van der Waals surface area (Å²) in [4.78, 5) is 9.59. The van der Waals surface area contributed by atoms with Gasteiger partial charge in [-0.1, -0.05) is 96.1 Å². The summed E-state index contributed by atoms with van der Waals surface area (Å²) in [5, 5.41) is 2.34. The van der Waals surface area contributed by atoms with Gasteiger partial charge in [0.05, 0.1) is 40.2 Å². The lowest BCUT2D eigenvalue weighted by Gasteiger charge is -2.48.